The van der Waals surface area contributed by atoms with Crippen LogP contribution in [-0.4, -0.2) is 49.3 Å². The van der Waals surface area contributed by atoms with Gasteiger partial charge in [-0.1, -0.05) is 52.3 Å². The van der Waals surface area contributed by atoms with Gasteiger partial charge in [-0.3, -0.25) is 4.79 Å². The molecule has 0 bridgehead atoms. The first-order valence-electron chi connectivity index (χ1n) is 14.4. The molecule has 0 spiro atoms. The molecule has 44 heavy (non-hydrogen) atoms. The Labute approximate surface area is 264 Å². The van der Waals surface area contributed by atoms with E-state index in [9.17, 15) is 9.18 Å². The lowest BCUT2D eigenvalue weighted by Gasteiger charge is -2.31. The number of carbonyl (C=O) groups excluding carboxylic acids is 1. The van der Waals surface area contributed by atoms with Crippen molar-refractivity contribution in [2.75, 3.05) is 26.9 Å². The maximum absolute atomic E-state index is 14.4. The second kappa shape index (κ2) is 14.5. The second-order valence-corrected chi connectivity index (χ2v) is 11.4. The van der Waals surface area contributed by atoms with Crippen LogP contribution in [0.25, 0.3) is 0 Å². The van der Waals surface area contributed by atoms with E-state index in [4.69, 9.17) is 24.3 Å². The summed E-state index contributed by atoms with van der Waals surface area (Å²) in [5, 5.41) is 12.1. The summed E-state index contributed by atoms with van der Waals surface area (Å²) in [7, 11) is 1.60. The van der Waals surface area contributed by atoms with Crippen molar-refractivity contribution in [2.24, 2.45) is 4.99 Å². The van der Waals surface area contributed by atoms with E-state index in [2.05, 4.69) is 21.2 Å². The number of halogens is 2. The highest BCUT2D eigenvalue weighted by Crippen LogP contribution is 2.43. The standard InChI is InChI=1S/C35H34BrFN2O5/c1-42-31-5-2-4-27(22-31)32-35(23-25-6-12-28(36)13-7-25,34(41)38-19-18-24-8-14-29(37)15-9-24)39-33(44-32)26-10-16-30(17-11-26)43-21-3-20-40/h2,4-17,22,32,40H,3,18-21,23H2,1H3,(H,38,41)/t32-,35-/m1/s1. The van der Waals surface area contributed by atoms with Gasteiger partial charge < -0.3 is 24.6 Å². The number of methoxy groups -OCH3 is 1. The molecule has 0 aliphatic carbocycles. The minimum atomic E-state index is -1.35. The zero-order valence-corrected chi connectivity index (χ0v) is 25.9. The molecule has 0 saturated heterocycles. The van der Waals surface area contributed by atoms with Gasteiger partial charge in [0.2, 0.25) is 5.90 Å². The zero-order chi connectivity index (χ0) is 30.9. The fourth-order valence-corrected chi connectivity index (χ4v) is 5.39. The Balaban J connectivity index is 1.52. The largest absolute Gasteiger partial charge is 0.497 e. The van der Waals surface area contributed by atoms with Crippen molar-refractivity contribution in [3.05, 3.63) is 130 Å². The predicted molar refractivity (Wildman–Crippen MR) is 171 cm³/mol. The number of benzene rings is 4. The van der Waals surface area contributed by atoms with Crippen LogP contribution >= 0.6 is 15.9 Å². The van der Waals surface area contributed by atoms with Gasteiger partial charge in [-0.2, -0.15) is 0 Å². The molecule has 5 rings (SSSR count). The maximum Gasteiger partial charge on any atom is 0.252 e. The van der Waals surface area contributed by atoms with Crippen LogP contribution in [0.15, 0.2) is 107 Å². The van der Waals surface area contributed by atoms with Gasteiger partial charge in [0, 0.05) is 36.0 Å². The highest BCUT2D eigenvalue weighted by atomic mass is 79.9. The average molecular weight is 662 g/mol. The number of aliphatic hydroxyl groups excluding tert-OH is 1. The third-order valence-electron chi connectivity index (χ3n) is 7.43. The minimum absolute atomic E-state index is 0.0564. The van der Waals surface area contributed by atoms with Gasteiger partial charge in [0.05, 0.1) is 13.7 Å². The third-order valence-corrected chi connectivity index (χ3v) is 7.95. The molecule has 0 unspecified atom stereocenters. The Kier molecular flexibility index (Phi) is 10.3. The molecule has 0 saturated carbocycles. The van der Waals surface area contributed by atoms with Gasteiger partial charge in [0.25, 0.3) is 5.91 Å². The summed E-state index contributed by atoms with van der Waals surface area (Å²) < 4.78 is 32.1. The molecule has 4 aromatic rings. The SMILES string of the molecule is COc1cccc([C@H]2OC(c3ccc(OCCCO)cc3)=N[C@@]2(Cc2ccc(Br)cc2)C(=O)NCCc2ccc(F)cc2)c1. The van der Waals surface area contributed by atoms with Crippen LogP contribution in [0, 0.1) is 5.82 Å². The van der Waals surface area contributed by atoms with Crippen LogP contribution < -0.4 is 14.8 Å². The average Bonchev–Trinajstić information content (AvgIpc) is 3.44. The molecule has 1 amide bonds. The van der Waals surface area contributed by atoms with Crippen LogP contribution in [-0.2, 0) is 22.4 Å². The van der Waals surface area contributed by atoms with E-state index in [-0.39, 0.29) is 24.8 Å². The third kappa shape index (κ3) is 7.46. The summed E-state index contributed by atoms with van der Waals surface area (Å²) in [6.45, 7) is 0.794. The molecule has 228 valence electrons. The van der Waals surface area contributed by atoms with Crippen LogP contribution in [0.5, 0.6) is 11.5 Å². The van der Waals surface area contributed by atoms with Crippen molar-refractivity contribution in [1.82, 2.24) is 5.32 Å². The number of amides is 1. The summed E-state index contributed by atoms with van der Waals surface area (Å²) in [6.07, 6.45) is 0.576. The normalized spacial score (nSPS) is 17.5. The lowest BCUT2D eigenvalue weighted by Crippen LogP contribution is -2.50. The Morgan fingerprint density at radius 2 is 1.73 bits per heavy atom. The summed E-state index contributed by atoms with van der Waals surface area (Å²) >= 11 is 3.50. The zero-order valence-electron chi connectivity index (χ0n) is 24.3. The van der Waals surface area contributed by atoms with Crippen LogP contribution in [0.1, 0.15) is 34.8 Å². The molecule has 1 heterocycles. The van der Waals surface area contributed by atoms with Crippen LogP contribution in [0.2, 0.25) is 0 Å². The number of hydrogen-bond acceptors (Lipinski definition) is 6. The number of nitrogens with one attached hydrogen (secondary N) is 1. The van der Waals surface area contributed by atoms with E-state index < -0.39 is 11.6 Å². The minimum Gasteiger partial charge on any atom is -0.497 e. The Bertz CT molecular complexity index is 1580. The fraction of sp³-hybridized carbons (Fsp3) is 0.257. The molecule has 0 radical (unpaired) electrons. The van der Waals surface area contributed by atoms with Gasteiger partial charge in [-0.25, -0.2) is 9.38 Å². The van der Waals surface area contributed by atoms with E-state index in [1.54, 1.807) is 19.2 Å². The molecule has 4 aromatic carbocycles. The summed E-state index contributed by atoms with van der Waals surface area (Å²) in [4.78, 5) is 19.4. The Morgan fingerprint density at radius 3 is 2.43 bits per heavy atom. The summed E-state index contributed by atoms with van der Waals surface area (Å²) in [5.74, 6) is 1.05. The molecule has 7 nitrogen and oxygen atoms in total. The first-order chi connectivity index (χ1) is 21.4. The smallest absolute Gasteiger partial charge is 0.252 e. The van der Waals surface area contributed by atoms with E-state index in [0.717, 1.165) is 21.2 Å². The summed E-state index contributed by atoms with van der Waals surface area (Å²) in [6, 6.07) is 28.9. The number of nitrogens with zero attached hydrogens (tertiary/aromatic N) is 1. The number of hydrogen-bond donors (Lipinski definition) is 2. The molecule has 9 heteroatoms. The van der Waals surface area contributed by atoms with Gasteiger partial charge in [0.15, 0.2) is 11.6 Å². The molecular formula is C35H34BrFN2O5. The highest BCUT2D eigenvalue weighted by Gasteiger charge is 2.53. The van der Waals surface area contributed by atoms with E-state index in [1.165, 1.54) is 12.1 Å². The van der Waals surface area contributed by atoms with Crippen molar-refractivity contribution < 1.29 is 28.5 Å². The topological polar surface area (TPSA) is 89.4 Å². The molecule has 2 N–H and O–H groups in total. The Hall–Kier alpha value is -4.21. The molecule has 1 aliphatic heterocycles. The van der Waals surface area contributed by atoms with Gasteiger partial charge in [-0.05, 0) is 83.8 Å². The first kappa shape index (κ1) is 31.2. The van der Waals surface area contributed by atoms with Crippen LogP contribution in [0.3, 0.4) is 0 Å². The lowest BCUT2D eigenvalue weighted by molar-refractivity contribution is -0.128. The van der Waals surface area contributed by atoms with Crippen molar-refractivity contribution >= 4 is 27.7 Å². The Morgan fingerprint density at radius 1 is 1.00 bits per heavy atom. The van der Waals surface area contributed by atoms with Gasteiger partial charge >= 0.3 is 0 Å². The van der Waals surface area contributed by atoms with Gasteiger partial charge in [-0.15, -0.1) is 0 Å². The monoisotopic (exact) mass is 660 g/mol. The highest BCUT2D eigenvalue weighted by molar-refractivity contribution is 9.10. The van der Waals surface area contributed by atoms with Crippen molar-refractivity contribution in [2.45, 2.75) is 30.9 Å². The fourth-order valence-electron chi connectivity index (χ4n) is 5.12. The number of aliphatic hydroxyl groups is 1. The number of aliphatic imine (C=N–C) groups is 1. The maximum atomic E-state index is 14.4. The van der Waals surface area contributed by atoms with E-state index >= 15 is 0 Å². The molecular weight excluding hydrogens is 627 g/mol. The number of rotatable bonds is 13. The summed E-state index contributed by atoms with van der Waals surface area (Å²) in [5.41, 5.74) is 1.92. The number of carbonyl (C=O) groups is 1. The molecule has 1 aliphatic rings. The molecule has 2 atom stereocenters. The quantitative estimate of drug-likeness (QED) is 0.166. The molecule has 0 aromatic heterocycles. The predicted octanol–water partition coefficient (Wildman–Crippen LogP) is 6.22. The van der Waals surface area contributed by atoms with E-state index in [1.807, 2.05) is 72.8 Å². The van der Waals surface area contributed by atoms with E-state index in [0.29, 0.717) is 49.0 Å². The second-order valence-electron chi connectivity index (χ2n) is 10.5. The van der Waals surface area contributed by atoms with Crippen molar-refractivity contribution in [1.29, 1.82) is 0 Å². The lowest BCUT2D eigenvalue weighted by atomic mass is 9.82. The molecule has 0 fully saturated rings. The van der Waals surface area contributed by atoms with Gasteiger partial charge in [0.1, 0.15) is 17.3 Å². The van der Waals surface area contributed by atoms with Crippen LogP contribution in [0.4, 0.5) is 4.39 Å². The first-order valence-corrected chi connectivity index (χ1v) is 15.2. The number of ether oxygens (including phenoxy) is 3. The van der Waals surface area contributed by atoms with Crippen molar-refractivity contribution in [3.63, 3.8) is 0 Å². The van der Waals surface area contributed by atoms with Crippen molar-refractivity contribution in [3.8, 4) is 11.5 Å².